The summed E-state index contributed by atoms with van der Waals surface area (Å²) < 4.78 is 35.0. The van der Waals surface area contributed by atoms with Crippen molar-refractivity contribution in [3.8, 4) is 0 Å². The maximum atomic E-state index is 16.1. The van der Waals surface area contributed by atoms with Crippen LogP contribution in [0.3, 0.4) is 0 Å². The Morgan fingerprint density at radius 2 is 1.73 bits per heavy atom. The summed E-state index contributed by atoms with van der Waals surface area (Å²) in [5.41, 5.74) is -0.334. The first-order chi connectivity index (χ1) is 24.5. The third-order valence-electron chi connectivity index (χ3n) is 9.73. The van der Waals surface area contributed by atoms with Crippen molar-refractivity contribution in [1.29, 1.82) is 0 Å². The Kier molecular flexibility index (Phi) is 8.06. The minimum absolute atomic E-state index is 0.0164. The lowest BCUT2D eigenvalue weighted by Crippen LogP contribution is -2.41. The lowest BCUT2D eigenvalue weighted by Gasteiger charge is -2.26. The van der Waals surface area contributed by atoms with E-state index < -0.39 is 28.8 Å². The van der Waals surface area contributed by atoms with Gasteiger partial charge in [0.1, 0.15) is 22.4 Å². The maximum absolute atomic E-state index is 16.1. The summed E-state index contributed by atoms with van der Waals surface area (Å²) in [6, 6.07) is 11.6. The topological polar surface area (TPSA) is 135 Å². The van der Waals surface area contributed by atoms with E-state index in [0.29, 0.717) is 66.5 Å². The normalized spacial score (nSPS) is 17.3. The molecule has 2 N–H and O–H groups in total. The van der Waals surface area contributed by atoms with E-state index in [2.05, 4.69) is 15.5 Å². The van der Waals surface area contributed by atoms with E-state index in [0.717, 1.165) is 24.5 Å². The van der Waals surface area contributed by atoms with E-state index in [9.17, 15) is 19.2 Å². The number of anilines is 1. The highest BCUT2D eigenvalue weighted by atomic mass is 19.1. The standard InChI is InChI=1S/C38H38FN5O7/c1-38(2,3)51-37(48)41-21-8-10-43(19-21)36(47)27-20-44-29-17-24-22-6-4-5-7-23(22)33(45)25(24)18-30(29)50-35-31(28(39)16-26(32(35)44)34(27)46)40-9-11-42-12-14-49-15-13-42/h4-7,16-18,20-21,40H,8-15,19H2,1-3H3,(H,41,48)/t21-/m0/s1. The fourth-order valence-electron chi connectivity index (χ4n) is 7.32. The summed E-state index contributed by atoms with van der Waals surface area (Å²) >= 11 is 0. The van der Waals surface area contributed by atoms with Gasteiger partial charge in [0.15, 0.2) is 22.4 Å². The van der Waals surface area contributed by atoms with Gasteiger partial charge < -0.3 is 33.8 Å². The Balaban J connectivity index is 1.26. The summed E-state index contributed by atoms with van der Waals surface area (Å²) in [6.07, 6.45) is 1.37. The number of carbonyl (C=O) groups excluding carboxylic acids is 2. The second-order valence-corrected chi connectivity index (χ2v) is 14.3. The predicted molar refractivity (Wildman–Crippen MR) is 193 cm³/mol. The first kappa shape index (κ1) is 32.9. The highest BCUT2D eigenvalue weighted by Crippen LogP contribution is 2.36. The minimum atomic E-state index is -0.705. The molecule has 0 spiro atoms. The van der Waals surface area contributed by atoms with Crippen molar-refractivity contribution < 1.29 is 27.9 Å². The Morgan fingerprint density at radius 3 is 2.49 bits per heavy atom. The van der Waals surface area contributed by atoms with Gasteiger partial charge in [0.2, 0.25) is 5.43 Å². The lowest BCUT2D eigenvalue weighted by atomic mass is 10.1. The van der Waals surface area contributed by atoms with Gasteiger partial charge in [0.25, 0.3) is 5.91 Å². The van der Waals surface area contributed by atoms with Crippen molar-refractivity contribution in [2.75, 3.05) is 57.8 Å². The van der Waals surface area contributed by atoms with Crippen LogP contribution in [0.15, 0.2) is 62.7 Å². The van der Waals surface area contributed by atoms with Crippen LogP contribution < -0.4 is 21.5 Å². The molecule has 0 bridgehead atoms. The van der Waals surface area contributed by atoms with Gasteiger partial charge in [0.05, 0.1) is 30.2 Å². The molecule has 4 aromatic carbocycles. The van der Waals surface area contributed by atoms with Crippen LogP contribution in [-0.2, 0) is 9.47 Å². The van der Waals surface area contributed by atoms with E-state index in [1.165, 1.54) is 11.1 Å². The quantitative estimate of drug-likeness (QED) is 0.184. The number of hydrogen-bond donors (Lipinski definition) is 2. The van der Waals surface area contributed by atoms with Crippen LogP contribution in [0.4, 0.5) is 14.9 Å². The zero-order valence-electron chi connectivity index (χ0n) is 28.6. The molecule has 0 radical (unpaired) electrons. The average Bonchev–Trinajstić information content (AvgIpc) is 3.67. The van der Waals surface area contributed by atoms with E-state index in [4.69, 9.17) is 13.9 Å². The molecule has 264 valence electrons. The number of nitrogens with zero attached hydrogens (tertiary/aromatic N) is 3. The summed E-state index contributed by atoms with van der Waals surface area (Å²) in [5.74, 6) is -1.24. The fraction of sp³-hybridized carbons (Fsp3) is 0.368. The summed E-state index contributed by atoms with van der Waals surface area (Å²) in [4.78, 5) is 57.8. The zero-order chi connectivity index (χ0) is 35.6. The number of pyridine rings is 1. The second kappa shape index (κ2) is 12.5. The third kappa shape index (κ3) is 5.89. The van der Waals surface area contributed by atoms with E-state index in [-0.39, 0.29) is 45.8 Å². The van der Waals surface area contributed by atoms with Crippen molar-refractivity contribution in [3.05, 3.63) is 80.5 Å². The molecule has 6 aromatic rings. The molecule has 0 unspecified atom stereocenters. The fourth-order valence-corrected chi connectivity index (χ4v) is 7.32. The van der Waals surface area contributed by atoms with Crippen LogP contribution in [0, 0.1) is 5.82 Å². The molecular formula is C38H38FN5O7. The van der Waals surface area contributed by atoms with Crippen molar-refractivity contribution in [1.82, 2.24) is 19.5 Å². The molecule has 2 amide bonds. The zero-order valence-corrected chi connectivity index (χ0v) is 28.6. The van der Waals surface area contributed by atoms with Gasteiger partial charge in [-0.3, -0.25) is 19.3 Å². The number of nitrogens with one attached hydrogen (secondary N) is 2. The number of likely N-dealkylation sites (tertiary alicyclic amines) is 1. The van der Waals surface area contributed by atoms with Crippen molar-refractivity contribution in [3.63, 3.8) is 0 Å². The van der Waals surface area contributed by atoms with Gasteiger partial charge in [0, 0.05) is 56.2 Å². The number of fused-ring (bicyclic) bond motifs is 5. The first-order valence-corrected chi connectivity index (χ1v) is 17.2. The second-order valence-electron chi connectivity index (χ2n) is 14.3. The molecule has 2 saturated heterocycles. The number of halogens is 1. The number of hydrogen-bond acceptors (Lipinski definition) is 9. The number of benzene rings is 3. The van der Waals surface area contributed by atoms with Crippen LogP contribution in [0.25, 0.3) is 49.1 Å². The number of ether oxygens (including phenoxy) is 2. The molecule has 2 aliphatic rings. The molecule has 2 fully saturated rings. The molecular weight excluding hydrogens is 657 g/mol. The number of morpholine rings is 1. The molecule has 13 heteroatoms. The maximum Gasteiger partial charge on any atom is 0.407 e. The van der Waals surface area contributed by atoms with Crippen LogP contribution in [-0.4, -0.2) is 90.3 Å². The molecule has 8 rings (SSSR count). The smallest absolute Gasteiger partial charge is 0.407 e. The van der Waals surface area contributed by atoms with Crippen LogP contribution in [0.5, 0.6) is 0 Å². The molecule has 0 saturated carbocycles. The highest BCUT2D eigenvalue weighted by molar-refractivity contribution is 6.15. The number of rotatable bonds is 6. The first-order valence-electron chi connectivity index (χ1n) is 17.2. The van der Waals surface area contributed by atoms with Crippen LogP contribution in [0.1, 0.15) is 37.6 Å². The molecule has 51 heavy (non-hydrogen) atoms. The number of alkyl carbamates (subject to hydrolysis) is 1. The Morgan fingerprint density at radius 1 is 0.961 bits per heavy atom. The van der Waals surface area contributed by atoms with E-state index >= 15 is 4.39 Å². The monoisotopic (exact) mass is 695 g/mol. The Labute approximate surface area is 291 Å². The highest BCUT2D eigenvalue weighted by Gasteiger charge is 2.32. The minimum Gasteiger partial charge on any atom is -0.451 e. The molecule has 12 nitrogen and oxygen atoms in total. The third-order valence-corrected chi connectivity index (χ3v) is 9.73. The molecule has 2 aromatic heterocycles. The van der Waals surface area contributed by atoms with E-state index in [1.807, 2.05) is 24.3 Å². The largest absolute Gasteiger partial charge is 0.451 e. The molecule has 2 aliphatic heterocycles. The average molecular weight is 696 g/mol. The van der Waals surface area contributed by atoms with Gasteiger partial charge in [-0.2, -0.15) is 0 Å². The number of amides is 2. The Hall–Kier alpha value is -5.27. The Bertz CT molecular complexity index is 2480. The van der Waals surface area contributed by atoms with Gasteiger partial charge in [-0.05, 0) is 56.2 Å². The predicted octanol–water partition coefficient (Wildman–Crippen LogP) is 4.93. The van der Waals surface area contributed by atoms with Crippen molar-refractivity contribution in [2.45, 2.75) is 38.8 Å². The van der Waals surface area contributed by atoms with Gasteiger partial charge in [-0.15, -0.1) is 0 Å². The number of aromatic nitrogens is 1. The van der Waals surface area contributed by atoms with Gasteiger partial charge in [-0.25, -0.2) is 9.18 Å². The summed E-state index contributed by atoms with van der Waals surface area (Å²) in [7, 11) is 0. The van der Waals surface area contributed by atoms with Crippen LogP contribution in [0.2, 0.25) is 0 Å². The SMILES string of the molecule is CC(C)(C)OC(=O)N[C@H]1CCN(C(=O)c2cn3c4cc5c(cc4oc4c(NCCN6CCOCC6)c(F)cc(c2=O)c43)c(=O)c2ccccc25)C1. The van der Waals surface area contributed by atoms with Gasteiger partial charge >= 0.3 is 6.09 Å². The summed E-state index contributed by atoms with van der Waals surface area (Å²) in [6.45, 7) is 9.62. The van der Waals surface area contributed by atoms with E-state index in [1.54, 1.807) is 37.3 Å². The summed E-state index contributed by atoms with van der Waals surface area (Å²) in [5, 5.41) is 8.46. The van der Waals surface area contributed by atoms with Crippen molar-refractivity contribution >= 4 is 66.8 Å². The lowest BCUT2D eigenvalue weighted by molar-refractivity contribution is 0.0398. The van der Waals surface area contributed by atoms with Gasteiger partial charge in [-0.1, -0.05) is 24.3 Å². The van der Waals surface area contributed by atoms with Crippen molar-refractivity contribution in [2.24, 2.45) is 0 Å². The molecule has 1 atom stereocenters. The number of carbonyl (C=O) groups is 2. The molecule has 4 heterocycles. The molecule has 0 aliphatic carbocycles. The van der Waals surface area contributed by atoms with Crippen LogP contribution >= 0.6 is 0 Å².